The molecule has 1 fully saturated rings. The van der Waals surface area contributed by atoms with E-state index in [9.17, 15) is 4.79 Å². The number of likely N-dealkylation sites (tertiary alicyclic amines) is 1. The quantitative estimate of drug-likeness (QED) is 0.819. The van der Waals surface area contributed by atoms with Crippen LogP contribution in [-0.2, 0) is 22.7 Å². The van der Waals surface area contributed by atoms with Crippen LogP contribution in [0.5, 0.6) is 0 Å². The molecule has 2 atom stereocenters. The molecule has 0 unspecified atom stereocenters. The molecule has 1 aliphatic rings. The number of aromatic nitrogens is 2. The van der Waals surface area contributed by atoms with Crippen molar-refractivity contribution in [3.8, 4) is 0 Å². The van der Waals surface area contributed by atoms with Gasteiger partial charge >= 0.3 is 0 Å². The number of hydrogen-bond donors (Lipinski definition) is 0. The first-order valence-corrected chi connectivity index (χ1v) is 8.67. The van der Waals surface area contributed by atoms with Gasteiger partial charge in [-0.15, -0.1) is 0 Å². The summed E-state index contributed by atoms with van der Waals surface area (Å²) in [5, 5.41) is 4.27. The van der Waals surface area contributed by atoms with Gasteiger partial charge in [0.1, 0.15) is 6.10 Å². The van der Waals surface area contributed by atoms with Crippen LogP contribution in [0.1, 0.15) is 31.7 Å². The summed E-state index contributed by atoms with van der Waals surface area (Å²) in [5.41, 5.74) is 1.09. The highest BCUT2D eigenvalue weighted by atomic mass is 16.5. The number of nitrogens with zero attached hydrogens (tertiary/aromatic N) is 3. The summed E-state index contributed by atoms with van der Waals surface area (Å²) in [5.74, 6) is 0.0859. The van der Waals surface area contributed by atoms with Gasteiger partial charge in [0.15, 0.2) is 0 Å². The molecule has 0 spiro atoms. The first-order chi connectivity index (χ1) is 11.7. The maximum atomic E-state index is 12.8. The van der Waals surface area contributed by atoms with E-state index in [-0.39, 0.29) is 11.9 Å². The number of ether oxygens (including phenoxy) is 1. The molecule has 128 valence electrons. The number of hydrogen-bond acceptors (Lipinski definition) is 3. The number of amides is 1. The molecule has 3 rings (SSSR count). The van der Waals surface area contributed by atoms with Crippen molar-refractivity contribution in [3.63, 3.8) is 0 Å². The minimum absolute atomic E-state index is 0.0859. The summed E-state index contributed by atoms with van der Waals surface area (Å²) in [6, 6.07) is 12.1. The Labute approximate surface area is 143 Å². The average molecular weight is 327 g/mol. The van der Waals surface area contributed by atoms with Crippen molar-refractivity contribution < 1.29 is 9.53 Å². The second-order valence-electron chi connectivity index (χ2n) is 6.35. The monoisotopic (exact) mass is 327 g/mol. The molecular formula is C19H25N3O2. The second-order valence-corrected chi connectivity index (χ2v) is 6.35. The van der Waals surface area contributed by atoms with Gasteiger partial charge in [0.25, 0.3) is 5.91 Å². The SMILES string of the molecule is C[C@H](OCc1ccccc1)C(=O)N1CCCC[C@H]1Cn1cccn1. The zero-order valence-electron chi connectivity index (χ0n) is 14.2. The molecule has 0 bridgehead atoms. The summed E-state index contributed by atoms with van der Waals surface area (Å²) in [6.45, 7) is 3.88. The highest BCUT2D eigenvalue weighted by Crippen LogP contribution is 2.20. The van der Waals surface area contributed by atoms with E-state index in [1.807, 2.05) is 59.1 Å². The van der Waals surface area contributed by atoms with E-state index in [0.29, 0.717) is 6.61 Å². The van der Waals surface area contributed by atoms with Gasteiger partial charge in [-0.3, -0.25) is 9.48 Å². The normalized spacial score (nSPS) is 19.2. The summed E-state index contributed by atoms with van der Waals surface area (Å²) in [6.07, 6.45) is 6.55. The third-order valence-electron chi connectivity index (χ3n) is 4.56. The molecule has 0 N–H and O–H groups in total. The summed E-state index contributed by atoms with van der Waals surface area (Å²) < 4.78 is 7.72. The van der Waals surface area contributed by atoms with Gasteiger partial charge in [0.2, 0.25) is 0 Å². The van der Waals surface area contributed by atoms with E-state index < -0.39 is 6.10 Å². The van der Waals surface area contributed by atoms with E-state index in [1.165, 1.54) is 0 Å². The lowest BCUT2D eigenvalue weighted by Crippen LogP contribution is -2.49. The van der Waals surface area contributed by atoms with Crippen LogP contribution in [0.2, 0.25) is 0 Å². The average Bonchev–Trinajstić information content (AvgIpc) is 3.13. The third kappa shape index (κ3) is 4.23. The van der Waals surface area contributed by atoms with Gasteiger partial charge in [-0.2, -0.15) is 5.10 Å². The number of piperidine rings is 1. The molecule has 0 aliphatic carbocycles. The Morgan fingerprint density at radius 2 is 2.12 bits per heavy atom. The van der Waals surface area contributed by atoms with Crippen molar-refractivity contribution in [1.29, 1.82) is 0 Å². The second kappa shape index (κ2) is 8.11. The van der Waals surface area contributed by atoms with Gasteiger partial charge in [-0.1, -0.05) is 30.3 Å². The fraction of sp³-hybridized carbons (Fsp3) is 0.474. The predicted molar refractivity (Wildman–Crippen MR) is 92.3 cm³/mol. The van der Waals surface area contributed by atoms with Crippen molar-refractivity contribution in [1.82, 2.24) is 14.7 Å². The minimum atomic E-state index is -0.427. The Kier molecular flexibility index (Phi) is 5.64. The fourth-order valence-electron chi connectivity index (χ4n) is 3.21. The van der Waals surface area contributed by atoms with Crippen molar-refractivity contribution in [3.05, 3.63) is 54.4 Å². The molecule has 5 nitrogen and oxygen atoms in total. The third-order valence-corrected chi connectivity index (χ3v) is 4.56. The predicted octanol–water partition coefficient (Wildman–Crippen LogP) is 2.87. The lowest BCUT2D eigenvalue weighted by atomic mass is 10.0. The van der Waals surface area contributed by atoms with Crippen LogP contribution in [0.15, 0.2) is 48.8 Å². The summed E-state index contributed by atoms with van der Waals surface area (Å²) in [7, 11) is 0. The van der Waals surface area contributed by atoms with Crippen LogP contribution in [0, 0.1) is 0 Å². The number of carbonyl (C=O) groups is 1. The Bertz CT molecular complexity index is 627. The van der Waals surface area contributed by atoms with Crippen LogP contribution in [0.3, 0.4) is 0 Å². The molecule has 2 aromatic rings. The van der Waals surface area contributed by atoms with E-state index in [0.717, 1.165) is 37.9 Å². The van der Waals surface area contributed by atoms with Crippen molar-refractivity contribution in [2.45, 2.75) is 51.5 Å². The molecule has 24 heavy (non-hydrogen) atoms. The van der Waals surface area contributed by atoms with Crippen molar-refractivity contribution >= 4 is 5.91 Å². The van der Waals surface area contributed by atoms with E-state index in [1.54, 1.807) is 6.20 Å². The van der Waals surface area contributed by atoms with Gasteiger partial charge in [0, 0.05) is 18.9 Å². The number of benzene rings is 1. The van der Waals surface area contributed by atoms with Crippen LogP contribution in [0.25, 0.3) is 0 Å². The molecule has 5 heteroatoms. The van der Waals surface area contributed by atoms with Gasteiger partial charge in [-0.05, 0) is 37.8 Å². The Morgan fingerprint density at radius 3 is 2.88 bits per heavy atom. The highest BCUT2D eigenvalue weighted by molar-refractivity contribution is 5.81. The molecule has 1 aromatic heterocycles. The van der Waals surface area contributed by atoms with Crippen LogP contribution in [0.4, 0.5) is 0 Å². The van der Waals surface area contributed by atoms with Gasteiger partial charge < -0.3 is 9.64 Å². The van der Waals surface area contributed by atoms with Crippen molar-refractivity contribution in [2.24, 2.45) is 0 Å². The van der Waals surface area contributed by atoms with E-state index in [4.69, 9.17) is 4.74 Å². The molecule has 1 aliphatic heterocycles. The van der Waals surface area contributed by atoms with E-state index in [2.05, 4.69) is 5.10 Å². The zero-order valence-corrected chi connectivity index (χ0v) is 14.2. The first kappa shape index (κ1) is 16.7. The number of carbonyl (C=O) groups excluding carboxylic acids is 1. The van der Waals surface area contributed by atoms with Gasteiger partial charge in [-0.25, -0.2) is 0 Å². The minimum Gasteiger partial charge on any atom is -0.364 e. The lowest BCUT2D eigenvalue weighted by Gasteiger charge is -2.37. The largest absolute Gasteiger partial charge is 0.364 e. The fourth-order valence-corrected chi connectivity index (χ4v) is 3.21. The summed E-state index contributed by atoms with van der Waals surface area (Å²) in [4.78, 5) is 14.8. The van der Waals surface area contributed by atoms with Gasteiger partial charge in [0.05, 0.1) is 19.2 Å². The van der Waals surface area contributed by atoms with E-state index >= 15 is 0 Å². The van der Waals surface area contributed by atoms with Crippen molar-refractivity contribution in [2.75, 3.05) is 6.54 Å². The summed E-state index contributed by atoms with van der Waals surface area (Å²) >= 11 is 0. The smallest absolute Gasteiger partial charge is 0.251 e. The molecule has 1 aromatic carbocycles. The Balaban J connectivity index is 1.58. The molecule has 1 amide bonds. The lowest BCUT2D eigenvalue weighted by molar-refractivity contribution is -0.147. The highest BCUT2D eigenvalue weighted by Gasteiger charge is 2.30. The van der Waals surface area contributed by atoms with Crippen LogP contribution in [-0.4, -0.2) is 39.3 Å². The Morgan fingerprint density at radius 1 is 1.29 bits per heavy atom. The number of rotatable bonds is 6. The first-order valence-electron chi connectivity index (χ1n) is 8.67. The Hall–Kier alpha value is -2.14. The molecule has 2 heterocycles. The molecule has 1 saturated heterocycles. The molecule has 0 radical (unpaired) electrons. The topological polar surface area (TPSA) is 47.4 Å². The maximum Gasteiger partial charge on any atom is 0.251 e. The standard InChI is InChI=1S/C19H25N3O2/c1-16(24-15-17-8-3-2-4-9-17)19(23)22-13-6-5-10-18(22)14-21-12-7-11-20-21/h2-4,7-9,11-12,16,18H,5-6,10,13-15H2,1H3/t16-,18-/m0/s1. The zero-order chi connectivity index (χ0) is 16.8. The van der Waals surface area contributed by atoms with Crippen LogP contribution < -0.4 is 0 Å². The molecule has 0 saturated carbocycles. The maximum absolute atomic E-state index is 12.8. The van der Waals surface area contributed by atoms with Crippen LogP contribution >= 0.6 is 0 Å². The molecular weight excluding hydrogens is 302 g/mol.